The SMILES string of the molecule is CC1=C(C(=O)Nc2ccccc2C(F)(F)F)[C@@H](c2cccc(C)c2)NC(=O)N1. The molecule has 0 bridgehead atoms. The van der Waals surface area contributed by atoms with Crippen LogP contribution in [0.5, 0.6) is 0 Å². The third-order valence-corrected chi connectivity index (χ3v) is 4.37. The van der Waals surface area contributed by atoms with Gasteiger partial charge in [-0.15, -0.1) is 0 Å². The Bertz CT molecular complexity index is 967. The largest absolute Gasteiger partial charge is 0.418 e. The van der Waals surface area contributed by atoms with Crippen molar-refractivity contribution in [2.24, 2.45) is 0 Å². The number of alkyl halides is 3. The summed E-state index contributed by atoms with van der Waals surface area (Å²) < 4.78 is 39.7. The van der Waals surface area contributed by atoms with Crippen molar-refractivity contribution in [3.05, 3.63) is 76.5 Å². The minimum atomic E-state index is -4.61. The summed E-state index contributed by atoms with van der Waals surface area (Å²) in [5.74, 6) is -0.729. The van der Waals surface area contributed by atoms with Gasteiger partial charge in [-0.2, -0.15) is 13.2 Å². The van der Waals surface area contributed by atoms with E-state index in [1.807, 2.05) is 13.0 Å². The van der Waals surface area contributed by atoms with E-state index in [1.54, 1.807) is 18.2 Å². The topological polar surface area (TPSA) is 70.2 Å². The minimum Gasteiger partial charge on any atom is -0.327 e. The van der Waals surface area contributed by atoms with Crippen molar-refractivity contribution in [2.45, 2.75) is 26.1 Å². The van der Waals surface area contributed by atoms with Gasteiger partial charge in [0, 0.05) is 5.70 Å². The first-order valence-corrected chi connectivity index (χ1v) is 8.49. The smallest absolute Gasteiger partial charge is 0.327 e. The van der Waals surface area contributed by atoms with E-state index >= 15 is 0 Å². The number of halogens is 3. The number of benzene rings is 2. The Morgan fingerprint density at radius 2 is 1.79 bits per heavy atom. The zero-order chi connectivity index (χ0) is 20.5. The van der Waals surface area contributed by atoms with Gasteiger partial charge in [-0.05, 0) is 31.5 Å². The number of nitrogens with one attached hydrogen (secondary N) is 3. The predicted octanol–water partition coefficient (Wildman–Crippen LogP) is 4.28. The molecule has 5 nitrogen and oxygen atoms in total. The molecule has 0 radical (unpaired) electrons. The van der Waals surface area contributed by atoms with Gasteiger partial charge in [0.15, 0.2) is 0 Å². The highest BCUT2D eigenvalue weighted by atomic mass is 19.4. The summed E-state index contributed by atoms with van der Waals surface area (Å²) in [5.41, 5.74) is 0.703. The molecule has 1 atom stereocenters. The first kappa shape index (κ1) is 19.5. The Kier molecular flexibility index (Phi) is 5.13. The summed E-state index contributed by atoms with van der Waals surface area (Å²) >= 11 is 0. The van der Waals surface area contributed by atoms with Crippen LogP contribution in [-0.4, -0.2) is 11.9 Å². The zero-order valence-electron chi connectivity index (χ0n) is 15.1. The fourth-order valence-electron chi connectivity index (χ4n) is 3.12. The summed E-state index contributed by atoms with van der Waals surface area (Å²) in [6.07, 6.45) is -4.61. The Balaban J connectivity index is 1.99. The van der Waals surface area contributed by atoms with Gasteiger partial charge in [-0.25, -0.2) is 4.79 Å². The van der Waals surface area contributed by atoms with Crippen molar-refractivity contribution >= 4 is 17.6 Å². The van der Waals surface area contributed by atoms with Gasteiger partial charge < -0.3 is 16.0 Å². The summed E-state index contributed by atoms with van der Waals surface area (Å²) in [6, 6.07) is 10.7. The van der Waals surface area contributed by atoms with Crippen molar-refractivity contribution in [1.82, 2.24) is 10.6 Å². The highest BCUT2D eigenvalue weighted by Gasteiger charge is 2.35. The Morgan fingerprint density at radius 1 is 1.07 bits per heavy atom. The molecule has 28 heavy (non-hydrogen) atoms. The lowest BCUT2D eigenvalue weighted by molar-refractivity contribution is -0.137. The summed E-state index contributed by atoms with van der Waals surface area (Å²) in [7, 11) is 0. The van der Waals surface area contributed by atoms with Crippen LogP contribution < -0.4 is 16.0 Å². The number of urea groups is 1. The van der Waals surface area contributed by atoms with Gasteiger partial charge >= 0.3 is 12.2 Å². The molecule has 1 aliphatic heterocycles. The summed E-state index contributed by atoms with van der Waals surface area (Å²) in [4.78, 5) is 24.8. The highest BCUT2D eigenvalue weighted by Crippen LogP contribution is 2.35. The first-order chi connectivity index (χ1) is 13.2. The molecule has 0 aromatic heterocycles. The molecule has 0 saturated heterocycles. The lowest BCUT2D eigenvalue weighted by Gasteiger charge is -2.29. The van der Waals surface area contributed by atoms with E-state index < -0.39 is 29.7 Å². The molecule has 8 heteroatoms. The molecule has 1 heterocycles. The lowest BCUT2D eigenvalue weighted by Crippen LogP contribution is -2.46. The van der Waals surface area contributed by atoms with Crippen molar-refractivity contribution in [3.63, 3.8) is 0 Å². The third kappa shape index (κ3) is 4.00. The summed E-state index contributed by atoms with van der Waals surface area (Å²) in [6.45, 7) is 3.40. The van der Waals surface area contributed by atoms with Crippen LogP contribution in [-0.2, 0) is 11.0 Å². The first-order valence-electron chi connectivity index (χ1n) is 8.49. The second-order valence-electron chi connectivity index (χ2n) is 6.48. The molecule has 3 rings (SSSR count). The maximum absolute atomic E-state index is 13.2. The van der Waals surface area contributed by atoms with E-state index in [9.17, 15) is 22.8 Å². The molecule has 2 aromatic rings. The highest BCUT2D eigenvalue weighted by molar-refractivity contribution is 6.07. The fourth-order valence-corrected chi connectivity index (χ4v) is 3.12. The number of anilines is 1. The molecule has 3 amide bonds. The van der Waals surface area contributed by atoms with Crippen LogP contribution in [0.15, 0.2) is 59.8 Å². The average molecular weight is 389 g/mol. The van der Waals surface area contributed by atoms with Crippen LogP contribution in [0.4, 0.5) is 23.7 Å². The van der Waals surface area contributed by atoms with Crippen LogP contribution >= 0.6 is 0 Å². The number of carbonyl (C=O) groups excluding carboxylic acids is 2. The van der Waals surface area contributed by atoms with Crippen molar-refractivity contribution in [1.29, 1.82) is 0 Å². The van der Waals surface area contributed by atoms with Crippen LogP contribution in [0, 0.1) is 6.92 Å². The van der Waals surface area contributed by atoms with E-state index in [2.05, 4.69) is 16.0 Å². The maximum atomic E-state index is 13.2. The van der Waals surface area contributed by atoms with Gasteiger partial charge in [-0.3, -0.25) is 4.79 Å². The molecular weight excluding hydrogens is 371 g/mol. The second-order valence-corrected chi connectivity index (χ2v) is 6.48. The monoisotopic (exact) mass is 389 g/mol. The van der Waals surface area contributed by atoms with Crippen molar-refractivity contribution < 1.29 is 22.8 Å². The zero-order valence-corrected chi connectivity index (χ0v) is 15.1. The predicted molar refractivity (Wildman–Crippen MR) is 98.4 cm³/mol. The van der Waals surface area contributed by atoms with E-state index in [1.165, 1.54) is 25.1 Å². The molecule has 2 aromatic carbocycles. The quantitative estimate of drug-likeness (QED) is 0.733. The van der Waals surface area contributed by atoms with Gasteiger partial charge in [0.1, 0.15) is 0 Å². The van der Waals surface area contributed by atoms with Crippen LogP contribution in [0.3, 0.4) is 0 Å². The van der Waals surface area contributed by atoms with Crippen LogP contribution in [0.1, 0.15) is 29.7 Å². The van der Waals surface area contributed by atoms with Crippen molar-refractivity contribution in [2.75, 3.05) is 5.32 Å². The average Bonchev–Trinajstić information content (AvgIpc) is 2.60. The standard InChI is InChI=1S/C20H18F3N3O2/c1-11-6-5-7-13(10-11)17-16(12(2)24-19(28)26-17)18(27)25-15-9-4-3-8-14(15)20(21,22)23/h3-10,17H,1-2H3,(H,25,27)(H2,24,26,28)/t17-/m1/s1. The maximum Gasteiger partial charge on any atom is 0.418 e. The molecule has 0 spiro atoms. The molecule has 0 unspecified atom stereocenters. The van der Waals surface area contributed by atoms with Gasteiger partial charge in [-0.1, -0.05) is 42.0 Å². The van der Waals surface area contributed by atoms with Crippen LogP contribution in [0.25, 0.3) is 0 Å². The molecule has 0 fully saturated rings. The van der Waals surface area contributed by atoms with Gasteiger partial charge in [0.25, 0.3) is 5.91 Å². The Morgan fingerprint density at radius 3 is 2.46 bits per heavy atom. The molecule has 0 saturated carbocycles. The normalized spacial score (nSPS) is 17.0. The summed E-state index contributed by atoms with van der Waals surface area (Å²) in [5, 5.41) is 7.50. The number of allylic oxidation sites excluding steroid dienone is 1. The third-order valence-electron chi connectivity index (χ3n) is 4.37. The van der Waals surface area contributed by atoms with Crippen LogP contribution in [0.2, 0.25) is 0 Å². The fraction of sp³-hybridized carbons (Fsp3) is 0.200. The number of rotatable bonds is 3. The number of carbonyl (C=O) groups is 2. The molecule has 3 N–H and O–H groups in total. The number of hydrogen-bond donors (Lipinski definition) is 3. The Hall–Kier alpha value is -3.29. The molecule has 1 aliphatic rings. The molecule has 146 valence electrons. The van der Waals surface area contributed by atoms with Crippen molar-refractivity contribution in [3.8, 4) is 0 Å². The lowest BCUT2D eigenvalue weighted by atomic mass is 9.93. The van der Waals surface area contributed by atoms with E-state index in [4.69, 9.17) is 0 Å². The molecule has 0 aliphatic carbocycles. The van der Waals surface area contributed by atoms with Gasteiger partial charge in [0.05, 0.1) is 22.9 Å². The second kappa shape index (κ2) is 7.38. The van der Waals surface area contributed by atoms with E-state index in [-0.39, 0.29) is 17.0 Å². The number of para-hydroxylation sites is 1. The van der Waals surface area contributed by atoms with E-state index in [0.29, 0.717) is 5.56 Å². The number of hydrogen-bond acceptors (Lipinski definition) is 2. The molecular formula is C20H18F3N3O2. The number of aryl methyl sites for hydroxylation is 1. The minimum absolute atomic E-state index is 0.141. The van der Waals surface area contributed by atoms with Gasteiger partial charge in [0.2, 0.25) is 0 Å². The van der Waals surface area contributed by atoms with E-state index in [0.717, 1.165) is 11.6 Å². The Labute approximate surface area is 159 Å². The number of amides is 3.